The number of nitrogens with zero attached hydrogens (tertiary/aromatic N) is 1. The van der Waals surface area contributed by atoms with Crippen LogP contribution < -0.4 is 38.0 Å². The topological polar surface area (TPSA) is 22.3 Å². The molecule has 0 unspecified atom stereocenters. The van der Waals surface area contributed by atoms with Gasteiger partial charge in [-0.25, -0.2) is 4.57 Å². The molecule has 0 fully saturated rings. The molecule has 2 aromatic rings. The molecular formula is C14H14INO2. The largest absolute Gasteiger partial charge is 1.00 e. The summed E-state index contributed by atoms with van der Waals surface area (Å²) in [6.45, 7) is 1.31. The lowest BCUT2D eigenvalue weighted by Crippen LogP contribution is -3.00. The average Bonchev–Trinajstić information content (AvgIpc) is 2.85. The van der Waals surface area contributed by atoms with Crippen molar-refractivity contribution < 1.29 is 38.0 Å². The first-order valence-corrected chi connectivity index (χ1v) is 5.74. The maximum absolute atomic E-state index is 5.36. The molecule has 0 saturated heterocycles. The van der Waals surface area contributed by atoms with Crippen LogP contribution in [-0.2, 0) is 13.0 Å². The maximum atomic E-state index is 5.36. The summed E-state index contributed by atoms with van der Waals surface area (Å²) in [5.41, 5.74) is 1.27. The second-order valence-corrected chi connectivity index (χ2v) is 4.05. The number of rotatable bonds is 3. The van der Waals surface area contributed by atoms with Crippen LogP contribution in [0.2, 0.25) is 0 Å². The normalized spacial score (nSPS) is 12.0. The third-order valence-corrected chi connectivity index (χ3v) is 2.87. The van der Waals surface area contributed by atoms with Gasteiger partial charge in [0, 0.05) is 18.6 Å². The van der Waals surface area contributed by atoms with Crippen molar-refractivity contribution in [3.63, 3.8) is 0 Å². The summed E-state index contributed by atoms with van der Waals surface area (Å²) in [6, 6.07) is 12.2. The predicted molar refractivity (Wildman–Crippen MR) is 62.9 cm³/mol. The van der Waals surface area contributed by atoms with Gasteiger partial charge in [-0.15, -0.1) is 0 Å². The van der Waals surface area contributed by atoms with Gasteiger partial charge in [0.25, 0.3) is 0 Å². The third-order valence-electron chi connectivity index (χ3n) is 2.87. The zero-order valence-electron chi connectivity index (χ0n) is 9.88. The number of ether oxygens (including phenoxy) is 2. The van der Waals surface area contributed by atoms with Crippen molar-refractivity contribution in [3.8, 4) is 11.5 Å². The summed E-state index contributed by atoms with van der Waals surface area (Å²) in [7, 11) is 0. The van der Waals surface area contributed by atoms with Gasteiger partial charge in [0.1, 0.15) is 0 Å². The van der Waals surface area contributed by atoms with Crippen LogP contribution in [0.15, 0.2) is 48.8 Å². The van der Waals surface area contributed by atoms with E-state index in [0.717, 1.165) is 24.5 Å². The van der Waals surface area contributed by atoms with Gasteiger partial charge in [0.15, 0.2) is 30.4 Å². The zero-order chi connectivity index (χ0) is 11.5. The molecular weight excluding hydrogens is 341 g/mol. The first-order chi connectivity index (χ1) is 8.42. The number of benzene rings is 1. The molecule has 1 aromatic carbocycles. The first kappa shape index (κ1) is 13.1. The fraction of sp³-hybridized carbons (Fsp3) is 0.214. The van der Waals surface area contributed by atoms with Crippen LogP contribution in [0.3, 0.4) is 0 Å². The van der Waals surface area contributed by atoms with Gasteiger partial charge in [-0.05, 0) is 17.7 Å². The lowest BCUT2D eigenvalue weighted by Gasteiger charge is -2.01. The van der Waals surface area contributed by atoms with Crippen molar-refractivity contribution in [2.45, 2.75) is 13.0 Å². The van der Waals surface area contributed by atoms with Gasteiger partial charge in [-0.1, -0.05) is 12.1 Å². The van der Waals surface area contributed by atoms with E-state index in [-0.39, 0.29) is 24.0 Å². The van der Waals surface area contributed by atoms with Crippen LogP contribution >= 0.6 is 0 Å². The molecule has 0 N–H and O–H groups in total. The van der Waals surface area contributed by atoms with Crippen LogP contribution in [0, 0.1) is 0 Å². The molecule has 1 aromatic heterocycles. The highest BCUT2D eigenvalue weighted by Crippen LogP contribution is 2.32. The molecule has 2 heterocycles. The molecule has 94 valence electrons. The molecule has 3 nitrogen and oxygen atoms in total. The number of pyridine rings is 1. The molecule has 0 bridgehead atoms. The van der Waals surface area contributed by atoms with E-state index in [2.05, 4.69) is 29.1 Å². The second kappa shape index (κ2) is 6.04. The molecule has 1 aliphatic rings. The van der Waals surface area contributed by atoms with Crippen molar-refractivity contribution in [2.75, 3.05) is 6.79 Å². The second-order valence-electron chi connectivity index (χ2n) is 4.05. The van der Waals surface area contributed by atoms with Crippen molar-refractivity contribution in [1.82, 2.24) is 0 Å². The Kier molecular flexibility index (Phi) is 4.41. The maximum Gasteiger partial charge on any atom is 0.231 e. The molecule has 0 saturated carbocycles. The van der Waals surface area contributed by atoms with Crippen molar-refractivity contribution in [2.24, 2.45) is 0 Å². The van der Waals surface area contributed by atoms with Crippen LogP contribution in [0.4, 0.5) is 0 Å². The van der Waals surface area contributed by atoms with E-state index in [9.17, 15) is 0 Å². The number of aromatic nitrogens is 1. The standard InChI is InChI=1S/C14H14NO2.HI/c1-2-7-15(8-3-1)9-6-12-4-5-13-14(10-12)17-11-16-13;/h1-5,7-8,10H,6,9,11H2;1H/q+1;/p-1. The van der Waals surface area contributed by atoms with Crippen LogP contribution in [0.25, 0.3) is 0 Å². The quantitative estimate of drug-likeness (QED) is 0.518. The van der Waals surface area contributed by atoms with Gasteiger partial charge >= 0.3 is 0 Å². The zero-order valence-corrected chi connectivity index (χ0v) is 12.0. The van der Waals surface area contributed by atoms with Crippen molar-refractivity contribution in [3.05, 3.63) is 54.4 Å². The Bertz CT molecular complexity index is 516. The molecule has 1 aliphatic heterocycles. The van der Waals surface area contributed by atoms with E-state index in [4.69, 9.17) is 9.47 Å². The van der Waals surface area contributed by atoms with Crippen LogP contribution in [0.1, 0.15) is 5.56 Å². The Morgan fingerprint density at radius 1 is 1.00 bits per heavy atom. The smallest absolute Gasteiger partial charge is 0.231 e. The molecule has 4 heteroatoms. The van der Waals surface area contributed by atoms with Crippen molar-refractivity contribution >= 4 is 0 Å². The van der Waals surface area contributed by atoms with Crippen LogP contribution in [0.5, 0.6) is 11.5 Å². The molecule has 0 amide bonds. The highest BCUT2D eigenvalue weighted by atomic mass is 127. The van der Waals surface area contributed by atoms with E-state index in [1.54, 1.807) is 0 Å². The highest BCUT2D eigenvalue weighted by molar-refractivity contribution is 5.44. The van der Waals surface area contributed by atoms with E-state index in [1.165, 1.54) is 5.56 Å². The Hall–Kier alpha value is -1.30. The molecule has 3 rings (SSSR count). The fourth-order valence-electron chi connectivity index (χ4n) is 1.94. The minimum atomic E-state index is 0. The predicted octanol–water partition coefficient (Wildman–Crippen LogP) is -1.05. The Balaban J connectivity index is 0.00000120. The summed E-state index contributed by atoms with van der Waals surface area (Å²) in [6.07, 6.45) is 5.14. The SMILES string of the molecule is [I-].c1cc[n+](CCc2ccc3c(c2)OCO3)cc1. The molecule has 0 aliphatic carbocycles. The minimum Gasteiger partial charge on any atom is -1.00 e. The summed E-state index contributed by atoms with van der Waals surface area (Å²) < 4.78 is 12.8. The Morgan fingerprint density at radius 3 is 2.61 bits per heavy atom. The number of aryl methyl sites for hydroxylation is 2. The third kappa shape index (κ3) is 2.93. The van der Waals surface area contributed by atoms with E-state index in [1.807, 2.05) is 24.3 Å². The Labute approximate surface area is 123 Å². The van der Waals surface area contributed by atoms with E-state index >= 15 is 0 Å². The summed E-state index contributed by atoms with van der Waals surface area (Å²) >= 11 is 0. The number of hydrogen-bond donors (Lipinski definition) is 0. The van der Waals surface area contributed by atoms with Crippen LogP contribution in [-0.4, -0.2) is 6.79 Å². The fourth-order valence-corrected chi connectivity index (χ4v) is 1.94. The molecule has 0 radical (unpaired) electrons. The van der Waals surface area contributed by atoms with Gasteiger partial charge in [-0.2, -0.15) is 0 Å². The minimum absolute atomic E-state index is 0. The van der Waals surface area contributed by atoms with Gasteiger partial charge in [0.2, 0.25) is 6.79 Å². The molecule has 0 atom stereocenters. The van der Waals surface area contributed by atoms with Gasteiger partial charge < -0.3 is 33.5 Å². The number of hydrogen-bond acceptors (Lipinski definition) is 2. The summed E-state index contributed by atoms with van der Waals surface area (Å²) in [5, 5.41) is 0. The van der Waals surface area contributed by atoms with E-state index in [0.29, 0.717) is 6.79 Å². The lowest BCUT2D eigenvalue weighted by molar-refractivity contribution is -0.696. The summed E-state index contributed by atoms with van der Waals surface area (Å²) in [5.74, 6) is 1.71. The molecule has 18 heavy (non-hydrogen) atoms. The Morgan fingerprint density at radius 2 is 1.78 bits per heavy atom. The van der Waals surface area contributed by atoms with Crippen molar-refractivity contribution in [1.29, 1.82) is 0 Å². The molecule has 0 spiro atoms. The highest BCUT2D eigenvalue weighted by Gasteiger charge is 2.13. The number of halogens is 1. The summed E-state index contributed by atoms with van der Waals surface area (Å²) in [4.78, 5) is 0. The average molecular weight is 355 g/mol. The van der Waals surface area contributed by atoms with Gasteiger partial charge in [-0.3, -0.25) is 0 Å². The van der Waals surface area contributed by atoms with Gasteiger partial charge in [0.05, 0.1) is 0 Å². The van der Waals surface area contributed by atoms with E-state index < -0.39 is 0 Å². The lowest BCUT2D eigenvalue weighted by atomic mass is 10.1. The first-order valence-electron chi connectivity index (χ1n) is 5.74. The monoisotopic (exact) mass is 355 g/mol. The number of fused-ring (bicyclic) bond motifs is 1.